The Morgan fingerprint density at radius 3 is 3.00 bits per heavy atom. The minimum Gasteiger partial charge on any atom is -0.466 e. The molecule has 0 aliphatic carbocycles. The number of rotatable bonds is 9. The molecule has 1 N–H and O–H groups in total. The number of thioether (sulfide) groups is 1. The summed E-state index contributed by atoms with van der Waals surface area (Å²) < 4.78 is 7.11. The van der Waals surface area contributed by atoms with Crippen LogP contribution >= 0.6 is 11.8 Å². The van der Waals surface area contributed by atoms with Crippen molar-refractivity contribution in [3.63, 3.8) is 0 Å². The highest BCUT2D eigenvalue weighted by molar-refractivity contribution is 7.97. The first-order chi connectivity index (χ1) is 13.2. The maximum absolute atomic E-state index is 12.7. The highest BCUT2D eigenvalue weighted by Gasteiger charge is 2.24. The van der Waals surface area contributed by atoms with Gasteiger partial charge in [0.15, 0.2) is 0 Å². The Bertz CT molecular complexity index is 789. The lowest BCUT2D eigenvalue weighted by molar-refractivity contribution is -0.143. The summed E-state index contributed by atoms with van der Waals surface area (Å²) in [6.07, 6.45) is 6.56. The number of amides is 1. The minimum absolute atomic E-state index is 0.0261. The fourth-order valence-electron chi connectivity index (χ4n) is 3.18. The number of nitrogens with one attached hydrogen (secondary N) is 1. The number of carbonyl (C=O) groups is 2. The summed E-state index contributed by atoms with van der Waals surface area (Å²) in [5.41, 5.74) is 3.91. The molecule has 3 heterocycles. The summed E-state index contributed by atoms with van der Waals surface area (Å²) in [6.45, 7) is 2.85. The molecular weight excluding hydrogens is 362 g/mol. The van der Waals surface area contributed by atoms with Crippen molar-refractivity contribution in [1.82, 2.24) is 14.9 Å². The molecule has 144 valence electrons. The van der Waals surface area contributed by atoms with Gasteiger partial charge in [0, 0.05) is 42.4 Å². The van der Waals surface area contributed by atoms with Crippen LogP contribution in [0.15, 0.2) is 30.6 Å². The van der Waals surface area contributed by atoms with Crippen LogP contribution in [0.4, 0.5) is 0 Å². The Morgan fingerprint density at radius 1 is 1.33 bits per heavy atom. The van der Waals surface area contributed by atoms with Gasteiger partial charge in [0.05, 0.1) is 23.7 Å². The molecule has 0 bridgehead atoms. The third kappa shape index (κ3) is 4.91. The number of pyridine rings is 1. The van der Waals surface area contributed by atoms with E-state index in [0.29, 0.717) is 19.6 Å². The van der Waals surface area contributed by atoms with E-state index >= 15 is 0 Å². The van der Waals surface area contributed by atoms with Crippen LogP contribution in [0.5, 0.6) is 0 Å². The lowest BCUT2D eigenvalue weighted by atomic mass is 10.1. The summed E-state index contributed by atoms with van der Waals surface area (Å²) in [4.78, 5) is 28.1. The highest BCUT2D eigenvalue weighted by atomic mass is 32.2. The van der Waals surface area contributed by atoms with Gasteiger partial charge in [0.25, 0.3) is 5.91 Å². The molecule has 1 aliphatic heterocycles. The molecule has 1 aliphatic rings. The number of hydrogen-bond donors (Lipinski definition) is 1. The van der Waals surface area contributed by atoms with E-state index in [1.807, 2.05) is 43.1 Å². The summed E-state index contributed by atoms with van der Waals surface area (Å²) in [7, 11) is 0. The van der Waals surface area contributed by atoms with Crippen molar-refractivity contribution in [1.29, 1.82) is 0 Å². The average molecular weight is 388 g/mol. The highest BCUT2D eigenvalue weighted by Crippen LogP contribution is 2.34. The predicted molar refractivity (Wildman–Crippen MR) is 106 cm³/mol. The molecule has 3 rings (SSSR count). The largest absolute Gasteiger partial charge is 0.466 e. The second kappa shape index (κ2) is 9.60. The Hall–Kier alpha value is -2.28. The van der Waals surface area contributed by atoms with Crippen LogP contribution in [0.25, 0.3) is 11.3 Å². The zero-order valence-electron chi connectivity index (χ0n) is 15.6. The van der Waals surface area contributed by atoms with E-state index in [-0.39, 0.29) is 11.9 Å². The molecule has 2 aromatic rings. The van der Waals surface area contributed by atoms with Crippen molar-refractivity contribution >= 4 is 23.6 Å². The first kappa shape index (κ1) is 19.5. The van der Waals surface area contributed by atoms with Crippen LogP contribution in [0.2, 0.25) is 0 Å². The van der Waals surface area contributed by atoms with Crippen LogP contribution in [0.3, 0.4) is 0 Å². The normalized spacial score (nSPS) is 12.6. The number of hydrogen-bond acceptors (Lipinski definition) is 5. The van der Waals surface area contributed by atoms with Crippen molar-refractivity contribution in [3.8, 4) is 11.3 Å². The van der Waals surface area contributed by atoms with Gasteiger partial charge in [-0.3, -0.25) is 14.6 Å². The Balaban J connectivity index is 1.53. The molecule has 6 nitrogen and oxygen atoms in total. The van der Waals surface area contributed by atoms with Crippen molar-refractivity contribution < 1.29 is 14.3 Å². The van der Waals surface area contributed by atoms with Crippen LogP contribution in [0, 0.1) is 0 Å². The van der Waals surface area contributed by atoms with Gasteiger partial charge in [-0.25, -0.2) is 0 Å². The van der Waals surface area contributed by atoms with Gasteiger partial charge in [-0.1, -0.05) is 6.42 Å². The average Bonchev–Trinajstić information content (AvgIpc) is 3.28. The zero-order chi connectivity index (χ0) is 19.1. The van der Waals surface area contributed by atoms with E-state index in [0.717, 1.165) is 53.4 Å². The number of carbonyl (C=O) groups excluding carboxylic acids is 2. The molecule has 0 saturated carbocycles. The Labute approximate surface area is 163 Å². The molecule has 0 unspecified atom stereocenters. The summed E-state index contributed by atoms with van der Waals surface area (Å²) in [6, 6.07) is 5.90. The fraction of sp³-hybridized carbons (Fsp3) is 0.450. The molecular formula is C20H25N3O3S. The molecule has 2 aromatic heterocycles. The number of ether oxygens (including phenoxy) is 1. The van der Waals surface area contributed by atoms with E-state index in [1.54, 1.807) is 6.20 Å². The van der Waals surface area contributed by atoms with Gasteiger partial charge in [0.1, 0.15) is 0 Å². The maximum Gasteiger partial charge on any atom is 0.305 e. The summed E-state index contributed by atoms with van der Waals surface area (Å²) in [5.74, 6) is 1.54. The SMILES string of the molecule is CCOC(=O)CCCCCNC(=O)c1cc(-c2cccnc2)n2c1CSC2. The molecule has 0 saturated heterocycles. The van der Waals surface area contributed by atoms with E-state index in [4.69, 9.17) is 4.74 Å². The topological polar surface area (TPSA) is 73.2 Å². The number of fused-ring (bicyclic) bond motifs is 1. The smallest absolute Gasteiger partial charge is 0.305 e. The standard InChI is InChI=1S/C20H25N3O3S/c1-2-26-19(24)8-4-3-5-10-22-20(25)16-11-17(15-7-6-9-21-12-15)23-14-27-13-18(16)23/h6-7,9,11-12H,2-5,8,10,13-14H2,1H3,(H,22,25). The van der Waals surface area contributed by atoms with Gasteiger partial charge >= 0.3 is 5.97 Å². The van der Waals surface area contributed by atoms with Crippen LogP contribution < -0.4 is 5.32 Å². The van der Waals surface area contributed by atoms with Gasteiger partial charge < -0.3 is 14.6 Å². The van der Waals surface area contributed by atoms with Crippen LogP contribution in [0.1, 0.15) is 48.7 Å². The fourth-order valence-corrected chi connectivity index (χ4v) is 4.25. The summed E-state index contributed by atoms with van der Waals surface area (Å²) >= 11 is 1.81. The van der Waals surface area contributed by atoms with Crippen LogP contribution in [-0.4, -0.2) is 34.6 Å². The molecule has 27 heavy (non-hydrogen) atoms. The lowest BCUT2D eigenvalue weighted by Gasteiger charge is -2.05. The van der Waals surface area contributed by atoms with E-state index < -0.39 is 0 Å². The third-order valence-corrected chi connectivity index (χ3v) is 5.44. The number of unbranched alkanes of at least 4 members (excludes halogenated alkanes) is 2. The van der Waals surface area contributed by atoms with Crippen molar-refractivity contribution in [2.75, 3.05) is 13.2 Å². The van der Waals surface area contributed by atoms with E-state index in [9.17, 15) is 9.59 Å². The number of aromatic nitrogens is 2. The van der Waals surface area contributed by atoms with E-state index in [2.05, 4.69) is 14.9 Å². The second-order valence-corrected chi connectivity index (χ2v) is 7.36. The molecule has 0 radical (unpaired) electrons. The van der Waals surface area contributed by atoms with Crippen LogP contribution in [-0.2, 0) is 21.2 Å². The van der Waals surface area contributed by atoms with Gasteiger partial charge in [-0.15, -0.1) is 11.8 Å². The summed E-state index contributed by atoms with van der Waals surface area (Å²) in [5, 5.41) is 3.01. The first-order valence-electron chi connectivity index (χ1n) is 9.35. The molecule has 1 amide bonds. The first-order valence-corrected chi connectivity index (χ1v) is 10.5. The quantitative estimate of drug-likeness (QED) is 0.526. The second-order valence-electron chi connectivity index (χ2n) is 6.41. The van der Waals surface area contributed by atoms with E-state index in [1.165, 1.54) is 0 Å². The Morgan fingerprint density at radius 2 is 2.22 bits per heavy atom. The maximum atomic E-state index is 12.7. The minimum atomic E-state index is -0.147. The van der Waals surface area contributed by atoms with Gasteiger partial charge in [-0.2, -0.15) is 0 Å². The predicted octanol–water partition coefficient (Wildman–Crippen LogP) is 3.61. The zero-order valence-corrected chi connectivity index (χ0v) is 16.4. The van der Waals surface area contributed by atoms with Crippen molar-refractivity contribution in [2.45, 2.75) is 44.2 Å². The molecule has 0 spiro atoms. The third-order valence-electron chi connectivity index (χ3n) is 4.52. The van der Waals surface area contributed by atoms with Crippen molar-refractivity contribution in [3.05, 3.63) is 41.9 Å². The molecule has 0 atom stereocenters. The lowest BCUT2D eigenvalue weighted by Crippen LogP contribution is -2.25. The molecule has 0 fully saturated rings. The molecule has 0 aromatic carbocycles. The van der Waals surface area contributed by atoms with Gasteiger partial charge in [-0.05, 0) is 38.0 Å². The Kier molecular flexibility index (Phi) is 6.92. The van der Waals surface area contributed by atoms with Crippen molar-refractivity contribution in [2.24, 2.45) is 0 Å². The van der Waals surface area contributed by atoms with Gasteiger partial charge in [0.2, 0.25) is 0 Å². The molecule has 7 heteroatoms. The monoisotopic (exact) mass is 387 g/mol. The number of esters is 1. The number of nitrogens with zero attached hydrogens (tertiary/aromatic N) is 2.